The molecular weight excluding hydrogens is 367 g/mol. The number of aliphatic carboxylic acids is 1. The molecule has 0 aliphatic rings. The van der Waals surface area contributed by atoms with E-state index in [9.17, 15) is 4.79 Å². The standard InChI is InChI=1S/C11H9IN2O3S/c1-6-3-2-4-7(9(6)12)10-13-14-11(17-10)18-5-8(15)16/h2-4H,5H2,1H3,(H,15,16). The Bertz CT molecular complexity index is 585. The molecule has 0 fully saturated rings. The topological polar surface area (TPSA) is 76.2 Å². The summed E-state index contributed by atoms with van der Waals surface area (Å²) in [6.07, 6.45) is 0. The number of carboxylic acid groups (broad SMARTS) is 1. The lowest BCUT2D eigenvalue weighted by molar-refractivity contribution is -0.133. The van der Waals surface area contributed by atoms with Gasteiger partial charge < -0.3 is 9.52 Å². The molecule has 0 amide bonds. The summed E-state index contributed by atoms with van der Waals surface area (Å²) in [4.78, 5) is 10.4. The van der Waals surface area contributed by atoms with E-state index in [2.05, 4.69) is 32.8 Å². The average molecular weight is 376 g/mol. The number of rotatable bonds is 4. The van der Waals surface area contributed by atoms with Crippen LogP contribution in [0.4, 0.5) is 0 Å². The Morgan fingerprint density at radius 1 is 1.50 bits per heavy atom. The van der Waals surface area contributed by atoms with Crippen LogP contribution in [0.3, 0.4) is 0 Å². The van der Waals surface area contributed by atoms with E-state index in [1.54, 1.807) is 0 Å². The normalized spacial score (nSPS) is 10.6. The summed E-state index contributed by atoms with van der Waals surface area (Å²) in [5.41, 5.74) is 2.00. The van der Waals surface area contributed by atoms with Crippen molar-refractivity contribution in [1.82, 2.24) is 10.2 Å². The number of benzene rings is 1. The fourth-order valence-electron chi connectivity index (χ4n) is 1.31. The maximum Gasteiger partial charge on any atom is 0.314 e. The van der Waals surface area contributed by atoms with Crippen molar-refractivity contribution in [2.24, 2.45) is 0 Å². The smallest absolute Gasteiger partial charge is 0.314 e. The van der Waals surface area contributed by atoms with E-state index in [-0.39, 0.29) is 11.0 Å². The molecule has 1 heterocycles. The molecule has 0 aliphatic carbocycles. The summed E-state index contributed by atoms with van der Waals surface area (Å²) in [5.74, 6) is -0.590. The number of carbonyl (C=O) groups is 1. The highest BCUT2D eigenvalue weighted by Gasteiger charge is 2.13. The summed E-state index contributed by atoms with van der Waals surface area (Å²) >= 11 is 3.23. The Morgan fingerprint density at radius 2 is 2.28 bits per heavy atom. The first-order chi connectivity index (χ1) is 8.58. The third-order valence-corrected chi connectivity index (χ3v) is 4.38. The van der Waals surface area contributed by atoms with Gasteiger partial charge in [0, 0.05) is 3.57 Å². The molecule has 94 valence electrons. The van der Waals surface area contributed by atoms with Crippen LogP contribution in [-0.4, -0.2) is 27.0 Å². The second-order valence-electron chi connectivity index (χ2n) is 3.49. The quantitative estimate of drug-likeness (QED) is 0.653. The minimum atomic E-state index is -0.912. The fourth-order valence-corrected chi connectivity index (χ4v) is 2.39. The Labute approximate surface area is 121 Å². The Morgan fingerprint density at radius 3 is 3.00 bits per heavy atom. The van der Waals surface area contributed by atoms with Crippen molar-refractivity contribution in [3.05, 3.63) is 27.3 Å². The molecule has 0 atom stereocenters. The summed E-state index contributed by atoms with van der Waals surface area (Å²) in [7, 11) is 0. The van der Waals surface area contributed by atoms with E-state index >= 15 is 0 Å². The Balaban J connectivity index is 2.24. The molecule has 0 bridgehead atoms. The molecule has 18 heavy (non-hydrogen) atoms. The van der Waals surface area contributed by atoms with Gasteiger partial charge in [-0.2, -0.15) is 0 Å². The fraction of sp³-hybridized carbons (Fsp3) is 0.182. The van der Waals surface area contributed by atoms with Crippen molar-refractivity contribution in [2.45, 2.75) is 12.1 Å². The minimum Gasteiger partial charge on any atom is -0.481 e. The number of aryl methyl sites for hydroxylation is 1. The van der Waals surface area contributed by atoms with Gasteiger partial charge in [-0.3, -0.25) is 4.79 Å². The third-order valence-electron chi connectivity index (χ3n) is 2.15. The number of thioether (sulfide) groups is 1. The molecule has 1 aromatic heterocycles. The molecule has 0 spiro atoms. The van der Waals surface area contributed by atoms with Crippen molar-refractivity contribution in [3.8, 4) is 11.5 Å². The van der Waals surface area contributed by atoms with Gasteiger partial charge in [-0.25, -0.2) is 0 Å². The molecule has 2 aromatic rings. The number of halogens is 1. The summed E-state index contributed by atoms with van der Waals surface area (Å²) in [6, 6.07) is 5.82. The van der Waals surface area contributed by atoms with Crippen LogP contribution in [0.5, 0.6) is 0 Å². The molecule has 1 aromatic carbocycles. The van der Waals surface area contributed by atoms with Crippen LogP contribution in [-0.2, 0) is 4.79 Å². The first kappa shape index (κ1) is 13.3. The summed E-state index contributed by atoms with van der Waals surface area (Å²) in [5, 5.41) is 16.6. The maximum absolute atomic E-state index is 10.4. The average Bonchev–Trinajstić information content (AvgIpc) is 2.78. The van der Waals surface area contributed by atoms with Crippen molar-refractivity contribution in [2.75, 3.05) is 5.75 Å². The number of carboxylic acids is 1. The van der Waals surface area contributed by atoms with Crippen LogP contribution >= 0.6 is 34.4 Å². The predicted octanol–water partition coefficient (Wildman–Crippen LogP) is 2.83. The lowest BCUT2D eigenvalue weighted by Gasteiger charge is -2.01. The van der Waals surface area contributed by atoms with Gasteiger partial charge in [-0.1, -0.05) is 23.9 Å². The lowest BCUT2D eigenvalue weighted by atomic mass is 10.1. The highest BCUT2D eigenvalue weighted by Crippen LogP contribution is 2.28. The van der Waals surface area contributed by atoms with Gasteiger partial charge in [-0.15, -0.1) is 10.2 Å². The maximum atomic E-state index is 10.4. The highest BCUT2D eigenvalue weighted by molar-refractivity contribution is 14.1. The van der Waals surface area contributed by atoms with E-state index in [0.29, 0.717) is 5.89 Å². The van der Waals surface area contributed by atoms with Crippen molar-refractivity contribution in [1.29, 1.82) is 0 Å². The predicted molar refractivity (Wildman–Crippen MR) is 75.5 cm³/mol. The number of hydrogen-bond donors (Lipinski definition) is 1. The van der Waals surface area contributed by atoms with Crippen molar-refractivity contribution >= 4 is 40.3 Å². The highest BCUT2D eigenvalue weighted by atomic mass is 127. The first-order valence-electron chi connectivity index (χ1n) is 5.01. The second-order valence-corrected chi connectivity index (χ2v) is 5.50. The summed E-state index contributed by atoms with van der Waals surface area (Å²) in [6.45, 7) is 2.00. The van der Waals surface area contributed by atoms with Crippen molar-refractivity contribution in [3.63, 3.8) is 0 Å². The molecule has 0 saturated heterocycles. The molecule has 1 N–H and O–H groups in total. The lowest BCUT2D eigenvalue weighted by Crippen LogP contribution is -1.97. The largest absolute Gasteiger partial charge is 0.481 e. The zero-order valence-corrected chi connectivity index (χ0v) is 12.4. The van der Waals surface area contributed by atoms with Gasteiger partial charge in [0.1, 0.15) is 5.75 Å². The molecule has 0 saturated carbocycles. The van der Waals surface area contributed by atoms with Crippen LogP contribution in [0.15, 0.2) is 27.8 Å². The zero-order chi connectivity index (χ0) is 13.1. The minimum absolute atomic E-state index is 0.0907. The van der Waals surface area contributed by atoms with E-state index in [1.165, 1.54) is 0 Å². The Kier molecular flexibility index (Phi) is 4.23. The molecule has 0 unspecified atom stereocenters. The van der Waals surface area contributed by atoms with E-state index in [4.69, 9.17) is 9.52 Å². The van der Waals surface area contributed by atoms with Crippen LogP contribution in [0, 0.1) is 10.5 Å². The number of hydrogen-bond acceptors (Lipinski definition) is 5. The Hall–Kier alpha value is -1.09. The third kappa shape index (κ3) is 3.02. The van der Waals surface area contributed by atoms with Gasteiger partial charge in [0.2, 0.25) is 5.89 Å². The molecule has 5 nitrogen and oxygen atoms in total. The van der Waals surface area contributed by atoms with Gasteiger partial charge in [0.15, 0.2) is 0 Å². The van der Waals surface area contributed by atoms with Gasteiger partial charge >= 0.3 is 5.97 Å². The van der Waals surface area contributed by atoms with Crippen LogP contribution < -0.4 is 0 Å². The second kappa shape index (κ2) is 5.70. The van der Waals surface area contributed by atoms with Crippen LogP contribution in [0.25, 0.3) is 11.5 Å². The SMILES string of the molecule is Cc1cccc(-c2nnc(SCC(=O)O)o2)c1I. The van der Waals surface area contributed by atoms with Gasteiger partial charge in [-0.05, 0) is 41.1 Å². The molecule has 0 radical (unpaired) electrons. The first-order valence-corrected chi connectivity index (χ1v) is 7.08. The summed E-state index contributed by atoms with van der Waals surface area (Å²) < 4.78 is 6.48. The van der Waals surface area contributed by atoms with Crippen molar-refractivity contribution < 1.29 is 14.3 Å². The van der Waals surface area contributed by atoms with Gasteiger partial charge in [0.25, 0.3) is 5.22 Å². The molecule has 2 rings (SSSR count). The van der Waals surface area contributed by atoms with E-state index in [1.807, 2.05) is 25.1 Å². The van der Waals surface area contributed by atoms with Crippen LogP contribution in [0.1, 0.15) is 5.56 Å². The molecular formula is C11H9IN2O3S. The molecule has 7 heteroatoms. The van der Waals surface area contributed by atoms with Crippen LogP contribution in [0.2, 0.25) is 0 Å². The van der Waals surface area contributed by atoms with E-state index < -0.39 is 5.97 Å². The number of nitrogens with zero attached hydrogens (tertiary/aromatic N) is 2. The zero-order valence-electron chi connectivity index (χ0n) is 9.38. The number of aromatic nitrogens is 2. The van der Waals surface area contributed by atoms with E-state index in [0.717, 1.165) is 26.5 Å². The monoisotopic (exact) mass is 376 g/mol. The molecule has 0 aliphatic heterocycles. The van der Waals surface area contributed by atoms with Gasteiger partial charge in [0.05, 0.1) is 5.56 Å².